The maximum absolute atomic E-state index is 14.8. The van der Waals surface area contributed by atoms with Crippen molar-refractivity contribution in [1.82, 2.24) is 35.5 Å². The first-order valence-electron chi connectivity index (χ1n) is 22.2. The molecule has 2 aliphatic rings. The number of amides is 4. The molecule has 1 aliphatic carbocycles. The first-order chi connectivity index (χ1) is 33.0. The van der Waals surface area contributed by atoms with Crippen LogP contribution in [0.2, 0.25) is 0 Å². The Hall–Kier alpha value is -6.80. The smallest absolute Gasteiger partial charge is 0.326 e. The summed E-state index contributed by atoms with van der Waals surface area (Å²) in [5, 5.41) is 55.3. The first kappa shape index (κ1) is 52.6. The number of hydrogen-bond acceptors (Lipinski definition) is 16. The summed E-state index contributed by atoms with van der Waals surface area (Å²) < 4.78 is 38.2. The molecule has 0 radical (unpaired) electrons. The van der Waals surface area contributed by atoms with E-state index in [9.17, 15) is 52.8 Å². The van der Waals surface area contributed by atoms with Gasteiger partial charge in [0, 0.05) is 56.0 Å². The number of carboxylic acid groups (broad SMARTS) is 1. The van der Waals surface area contributed by atoms with Gasteiger partial charge in [-0.2, -0.15) is 13.1 Å². The molecular weight excluding hydrogens is 933 g/mol. The van der Waals surface area contributed by atoms with E-state index in [1.165, 1.54) is 49.0 Å². The van der Waals surface area contributed by atoms with Crippen molar-refractivity contribution in [1.29, 1.82) is 0 Å². The number of aliphatic carboxylic acids is 1. The van der Waals surface area contributed by atoms with Gasteiger partial charge in [0.1, 0.15) is 55.3 Å². The number of rotatable bonds is 18. The Morgan fingerprint density at radius 2 is 1.59 bits per heavy atom. The Bertz CT molecular complexity index is 2740. The van der Waals surface area contributed by atoms with E-state index in [1.54, 1.807) is 6.92 Å². The van der Waals surface area contributed by atoms with Crippen molar-refractivity contribution in [2.24, 2.45) is 16.6 Å². The fourth-order valence-electron chi connectivity index (χ4n) is 7.63. The topological polar surface area (TPSA) is 374 Å². The van der Waals surface area contributed by atoms with Gasteiger partial charge in [-0.25, -0.2) is 19.9 Å². The van der Waals surface area contributed by atoms with Crippen LogP contribution in [-0.2, 0) is 41.2 Å². The zero-order valence-corrected chi connectivity index (χ0v) is 39.7. The molecule has 1 aromatic heterocycles. The first-order valence-corrected chi connectivity index (χ1v) is 23.7. The minimum atomic E-state index is -4.51. The molecule has 4 aromatic rings. The minimum absolute atomic E-state index is 0.0174. The third-order valence-corrected chi connectivity index (χ3v) is 12.7. The highest BCUT2D eigenvalue weighted by molar-refractivity contribution is 7.87. The van der Waals surface area contributed by atoms with E-state index < -0.39 is 95.1 Å². The minimum Gasteiger partial charge on any atom is -0.504 e. The standard InChI is InChI=1S/C46H58N10O13S/c1-23-33(19-50-40(52-23)26-6-8-28(9-7-26)46(3)11-12-46)42(61)55-35(20-51-70(49,66)67)44(63)56(4)38-27-15-32(39(59)37(16-27)69-22-30(58)18-48)31-13-25(5-10-36(31)68-21-29(57)17-47)14-34(45(64)65)54-41(60)24(2)53-43(38)62/h5-10,13,15-16,19,24,29-30,34-35,38,51,57-59H,11-12,14,17-18,20-22,47-48H2,1-4H3,(H,53,62)(H,54,60)(H,55,61)(H,64,65)(H2,49,66,67). The molecule has 14 N–H and O–H groups in total. The number of carbonyl (C=O) groups excluding carboxylic acids is 4. The van der Waals surface area contributed by atoms with Crippen molar-refractivity contribution < 1.29 is 62.3 Å². The molecule has 4 bridgehead atoms. The van der Waals surface area contributed by atoms with Gasteiger partial charge in [-0.05, 0) is 73.1 Å². The van der Waals surface area contributed by atoms with Crippen LogP contribution in [0, 0.1) is 6.92 Å². The highest BCUT2D eigenvalue weighted by Gasteiger charge is 2.39. The van der Waals surface area contributed by atoms with Crippen LogP contribution in [0.1, 0.15) is 65.5 Å². The third-order valence-electron chi connectivity index (χ3n) is 12.1. The van der Waals surface area contributed by atoms with Crippen molar-refractivity contribution in [3.05, 3.63) is 88.7 Å². The van der Waals surface area contributed by atoms with Gasteiger partial charge in [0.25, 0.3) is 16.1 Å². The van der Waals surface area contributed by atoms with E-state index in [-0.39, 0.29) is 71.0 Å². The summed E-state index contributed by atoms with van der Waals surface area (Å²) in [6.07, 6.45) is 0.736. The van der Waals surface area contributed by atoms with Crippen molar-refractivity contribution in [3.63, 3.8) is 0 Å². The van der Waals surface area contributed by atoms with E-state index in [2.05, 4.69) is 32.8 Å². The van der Waals surface area contributed by atoms with Gasteiger partial charge in [-0.3, -0.25) is 19.2 Å². The number of aryl methyl sites for hydroxylation is 1. The second-order valence-corrected chi connectivity index (χ2v) is 19.0. The van der Waals surface area contributed by atoms with Gasteiger partial charge in [0.05, 0.1) is 11.3 Å². The van der Waals surface area contributed by atoms with Gasteiger partial charge in [0.15, 0.2) is 17.3 Å². The number of nitrogens with one attached hydrogen (secondary N) is 4. The molecule has 376 valence electrons. The van der Waals surface area contributed by atoms with E-state index in [4.69, 9.17) is 26.1 Å². The predicted octanol–water partition coefficient (Wildman–Crippen LogP) is -1.01. The molecule has 6 atom stereocenters. The largest absolute Gasteiger partial charge is 0.504 e. The van der Waals surface area contributed by atoms with Gasteiger partial charge >= 0.3 is 5.97 Å². The molecule has 3 aromatic carbocycles. The number of phenols is 1. The summed E-state index contributed by atoms with van der Waals surface area (Å²) in [6.45, 7) is 2.88. The average molecular weight is 991 g/mol. The normalized spacial score (nSPS) is 19.0. The van der Waals surface area contributed by atoms with Crippen LogP contribution in [-0.4, -0.2) is 144 Å². The number of nitrogens with zero attached hydrogens (tertiary/aromatic N) is 3. The number of aromatic hydroxyl groups is 1. The second-order valence-electron chi connectivity index (χ2n) is 17.6. The SMILES string of the molecule is Cc1nc(-c2ccc(C3(C)CC3)cc2)ncc1C(=O)NC(CNS(N)(=O)=O)C(=O)N(C)C1C(=O)NC(C)C(=O)NC(C(=O)O)Cc2ccc(OCC(O)CN)c(c2)-c2cc1cc(OCC(O)CN)c2O. The molecule has 24 heteroatoms. The number of hydrogen-bond donors (Lipinski definition) is 11. The number of phenolic OH excluding ortho intramolecular Hbond substituents is 1. The monoisotopic (exact) mass is 990 g/mol. The highest BCUT2D eigenvalue weighted by Crippen LogP contribution is 2.48. The van der Waals surface area contributed by atoms with Crippen LogP contribution >= 0.6 is 0 Å². The Morgan fingerprint density at radius 3 is 2.17 bits per heavy atom. The van der Waals surface area contributed by atoms with Crippen LogP contribution in [0.3, 0.4) is 0 Å². The second kappa shape index (κ2) is 21.9. The summed E-state index contributed by atoms with van der Waals surface area (Å²) in [7, 11) is -3.36. The molecule has 23 nitrogen and oxygen atoms in total. The van der Waals surface area contributed by atoms with Gasteiger partial charge < -0.3 is 62.2 Å². The van der Waals surface area contributed by atoms with Crippen molar-refractivity contribution in [2.75, 3.05) is 39.9 Å². The third kappa shape index (κ3) is 12.7. The Morgan fingerprint density at radius 1 is 0.943 bits per heavy atom. The Balaban J connectivity index is 1.45. The number of aliphatic hydroxyl groups is 2. The number of aliphatic hydroxyl groups excluding tert-OH is 2. The molecule has 1 fully saturated rings. The predicted molar refractivity (Wildman–Crippen MR) is 252 cm³/mol. The molecule has 6 rings (SSSR count). The van der Waals surface area contributed by atoms with E-state index >= 15 is 0 Å². The number of carboxylic acids is 1. The molecule has 1 aliphatic heterocycles. The molecule has 4 amide bonds. The fourth-order valence-corrected chi connectivity index (χ4v) is 8.03. The maximum atomic E-state index is 14.8. The fraction of sp³-hybridized carbons (Fsp3) is 0.413. The van der Waals surface area contributed by atoms with Crippen LogP contribution in [0.4, 0.5) is 0 Å². The summed E-state index contributed by atoms with van der Waals surface area (Å²) in [6, 6.07) is 7.95. The number of benzene rings is 3. The molecule has 0 spiro atoms. The number of nitrogens with two attached hydrogens (primary N) is 3. The van der Waals surface area contributed by atoms with Gasteiger partial charge in [0.2, 0.25) is 17.7 Å². The van der Waals surface area contributed by atoms with Crippen LogP contribution in [0.25, 0.3) is 22.5 Å². The number of ether oxygens (including phenoxy) is 2. The van der Waals surface area contributed by atoms with Crippen LogP contribution < -0.4 is 46.8 Å². The maximum Gasteiger partial charge on any atom is 0.326 e. The van der Waals surface area contributed by atoms with E-state index in [1.807, 2.05) is 29.0 Å². The van der Waals surface area contributed by atoms with Crippen molar-refractivity contribution in [2.45, 2.75) is 81.8 Å². The lowest BCUT2D eigenvalue weighted by Gasteiger charge is -2.33. The summed E-state index contributed by atoms with van der Waals surface area (Å²) in [4.78, 5) is 79.2. The number of likely N-dealkylation sites (N-methyl/N-ethyl adjacent to an activating group) is 1. The average Bonchev–Trinajstić information content (AvgIpc) is 4.08. The molecule has 2 heterocycles. The zero-order valence-electron chi connectivity index (χ0n) is 38.8. The lowest BCUT2D eigenvalue weighted by molar-refractivity contribution is -0.143. The number of aromatic nitrogens is 2. The lowest BCUT2D eigenvalue weighted by atomic mass is 9.93. The van der Waals surface area contributed by atoms with Gasteiger partial charge in [-0.1, -0.05) is 37.3 Å². The van der Waals surface area contributed by atoms with Crippen LogP contribution in [0.5, 0.6) is 17.2 Å². The van der Waals surface area contributed by atoms with E-state index in [0.29, 0.717) is 17.0 Å². The molecular formula is C46H58N10O13S. The summed E-state index contributed by atoms with van der Waals surface area (Å²) in [5.41, 5.74) is 13.5. The Kier molecular flexibility index (Phi) is 16.4. The molecule has 1 saturated carbocycles. The van der Waals surface area contributed by atoms with Crippen molar-refractivity contribution in [3.8, 4) is 39.8 Å². The summed E-state index contributed by atoms with van der Waals surface area (Å²) >= 11 is 0. The quantitative estimate of drug-likeness (QED) is 0.0569. The van der Waals surface area contributed by atoms with Crippen LogP contribution in [0.15, 0.2) is 60.8 Å². The lowest BCUT2D eigenvalue weighted by Crippen LogP contribution is -2.57. The Labute approximate surface area is 403 Å². The zero-order chi connectivity index (χ0) is 51.2. The van der Waals surface area contributed by atoms with E-state index in [0.717, 1.165) is 24.8 Å². The molecule has 6 unspecified atom stereocenters. The van der Waals surface area contributed by atoms with Crippen molar-refractivity contribution >= 4 is 39.8 Å². The number of fused-ring (bicyclic) bond motifs is 5. The summed E-state index contributed by atoms with van der Waals surface area (Å²) in [5.74, 6) is -6.02. The van der Waals surface area contributed by atoms with Gasteiger partial charge in [-0.15, -0.1) is 0 Å². The molecule has 0 saturated heterocycles. The molecule has 70 heavy (non-hydrogen) atoms. The number of carbonyl (C=O) groups is 5. The highest BCUT2D eigenvalue weighted by atomic mass is 32.2.